The first-order valence-electron chi connectivity index (χ1n) is 5.28. The molecule has 0 radical (unpaired) electrons. The Balaban J connectivity index is 4.51. The zero-order chi connectivity index (χ0) is 13.7. The van der Waals surface area contributed by atoms with E-state index >= 15 is 0 Å². The Bertz CT molecular complexity index is 415. The standard InChI is InChI=1S/C9H20O6S2/c1-5-6-7-14-16(10,11)8-17(12,13)15-9(2,3)4/h5-8H2,1-4H3. The van der Waals surface area contributed by atoms with Crippen LogP contribution in [0.3, 0.4) is 0 Å². The van der Waals surface area contributed by atoms with Crippen molar-refractivity contribution >= 4 is 20.2 Å². The molecule has 0 aliphatic heterocycles. The van der Waals surface area contributed by atoms with Crippen LogP contribution in [0.15, 0.2) is 0 Å². The molecule has 8 heteroatoms. The molecule has 0 saturated heterocycles. The minimum absolute atomic E-state index is 0.0100. The number of rotatable bonds is 7. The van der Waals surface area contributed by atoms with Gasteiger partial charge in [-0.3, -0.25) is 8.37 Å². The van der Waals surface area contributed by atoms with E-state index in [1.165, 1.54) is 20.8 Å². The van der Waals surface area contributed by atoms with Crippen molar-refractivity contribution in [1.29, 1.82) is 0 Å². The molecule has 0 aromatic heterocycles. The third kappa shape index (κ3) is 9.51. The van der Waals surface area contributed by atoms with Gasteiger partial charge in [-0.05, 0) is 27.2 Å². The third-order valence-electron chi connectivity index (χ3n) is 1.43. The van der Waals surface area contributed by atoms with Gasteiger partial charge >= 0.3 is 0 Å². The lowest BCUT2D eigenvalue weighted by Gasteiger charge is -2.18. The van der Waals surface area contributed by atoms with Gasteiger partial charge in [0.25, 0.3) is 20.2 Å². The fraction of sp³-hybridized carbons (Fsp3) is 1.00. The summed E-state index contributed by atoms with van der Waals surface area (Å²) in [4.78, 5) is 0. The predicted molar refractivity (Wildman–Crippen MR) is 64.4 cm³/mol. The van der Waals surface area contributed by atoms with Crippen LogP contribution in [0.5, 0.6) is 0 Å². The summed E-state index contributed by atoms with van der Waals surface area (Å²) in [5.74, 6) is 0. The Morgan fingerprint density at radius 1 is 1.00 bits per heavy atom. The van der Waals surface area contributed by atoms with Crippen LogP contribution in [0.2, 0.25) is 0 Å². The molecule has 0 rings (SSSR count). The monoisotopic (exact) mass is 288 g/mol. The van der Waals surface area contributed by atoms with Gasteiger partial charge in [-0.15, -0.1) is 0 Å². The molecule has 0 amide bonds. The average Bonchev–Trinajstić information content (AvgIpc) is 1.96. The average molecular weight is 288 g/mol. The second-order valence-electron chi connectivity index (χ2n) is 4.60. The minimum atomic E-state index is -4.15. The summed E-state index contributed by atoms with van der Waals surface area (Å²) in [5, 5.41) is -1.15. The summed E-state index contributed by atoms with van der Waals surface area (Å²) in [5.41, 5.74) is -0.961. The van der Waals surface area contributed by atoms with Crippen molar-refractivity contribution in [3.8, 4) is 0 Å². The van der Waals surface area contributed by atoms with Gasteiger partial charge in [-0.2, -0.15) is 16.8 Å². The van der Waals surface area contributed by atoms with E-state index in [1.54, 1.807) is 0 Å². The first-order chi connectivity index (χ1) is 7.47. The van der Waals surface area contributed by atoms with Crippen LogP contribution in [0, 0.1) is 0 Å². The Morgan fingerprint density at radius 3 is 1.94 bits per heavy atom. The molecule has 0 heterocycles. The molecule has 0 saturated carbocycles. The SMILES string of the molecule is CCCCOS(=O)(=O)CS(=O)(=O)OC(C)(C)C. The van der Waals surface area contributed by atoms with Crippen LogP contribution < -0.4 is 0 Å². The molecule has 0 aliphatic carbocycles. The normalized spacial score (nSPS) is 13.9. The van der Waals surface area contributed by atoms with Crippen LogP contribution in [-0.2, 0) is 28.6 Å². The largest absolute Gasteiger partial charge is 0.284 e. The lowest BCUT2D eigenvalue weighted by atomic mass is 10.2. The maximum Gasteiger partial charge on any atom is 0.284 e. The first kappa shape index (κ1) is 16.8. The molecular weight excluding hydrogens is 268 g/mol. The fourth-order valence-corrected chi connectivity index (χ4v) is 3.96. The maximum atomic E-state index is 11.4. The van der Waals surface area contributed by atoms with E-state index < -0.39 is 30.9 Å². The number of unbranched alkanes of at least 4 members (excludes halogenated alkanes) is 1. The van der Waals surface area contributed by atoms with E-state index in [9.17, 15) is 16.8 Å². The van der Waals surface area contributed by atoms with E-state index in [-0.39, 0.29) is 6.61 Å². The van der Waals surface area contributed by atoms with Crippen LogP contribution in [0.25, 0.3) is 0 Å². The topological polar surface area (TPSA) is 86.7 Å². The van der Waals surface area contributed by atoms with Crippen molar-refractivity contribution in [2.75, 3.05) is 11.7 Å². The van der Waals surface area contributed by atoms with Gasteiger partial charge in [0, 0.05) is 0 Å². The van der Waals surface area contributed by atoms with Gasteiger partial charge in [0.1, 0.15) is 0 Å². The molecule has 0 fully saturated rings. The number of hydrogen-bond donors (Lipinski definition) is 0. The van der Waals surface area contributed by atoms with Crippen molar-refractivity contribution in [1.82, 2.24) is 0 Å². The van der Waals surface area contributed by atoms with E-state index in [1.807, 2.05) is 6.92 Å². The molecule has 0 bridgehead atoms. The molecule has 0 aliphatic rings. The van der Waals surface area contributed by atoms with Gasteiger partial charge < -0.3 is 0 Å². The molecule has 0 N–H and O–H groups in total. The minimum Gasteiger partial charge on any atom is -0.269 e. The van der Waals surface area contributed by atoms with Gasteiger partial charge in [0.05, 0.1) is 12.2 Å². The summed E-state index contributed by atoms with van der Waals surface area (Å²) in [6.07, 6.45) is 1.32. The van der Waals surface area contributed by atoms with Gasteiger partial charge in [0.2, 0.25) is 5.08 Å². The highest BCUT2D eigenvalue weighted by molar-refractivity contribution is 8.03. The molecule has 17 heavy (non-hydrogen) atoms. The van der Waals surface area contributed by atoms with Crippen molar-refractivity contribution < 1.29 is 25.2 Å². The first-order valence-corrected chi connectivity index (χ1v) is 8.43. The molecule has 0 atom stereocenters. The van der Waals surface area contributed by atoms with Gasteiger partial charge in [0.15, 0.2) is 0 Å². The van der Waals surface area contributed by atoms with Crippen LogP contribution in [-0.4, -0.2) is 34.1 Å². The molecule has 0 aromatic carbocycles. The van der Waals surface area contributed by atoms with Crippen molar-refractivity contribution in [2.45, 2.75) is 46.1 Å². The van der Waals surface area contributed by atoms with Crippen molar-refractivity contribution in [3.63, 3.8) is 0 Å². The lowest BCUT2D eigenvalue weighted by molar-refractivity contribution is 0.140. The van der Waals surface area contributed by atoms with Crippen molar-refractivity contribution in [2.24, 2.45) is 0 Å². The Hall–Kier alpha value is -0.180. The fourth-order valence-electron chi connectivity index (χ4n) is 0.946. The second-order valence-corrected chi connectivity index (χ2v) is 8.18. The highest BCUT2D eigenvalue weighted by atomic mass is 32.3. The highest BCUT2D eigenvalue weighted by Gasteiger charge is 2.28. The Kier molecular flexibility index (Phi) is 6.06. The van der Waals surface area contributed by atoms with Crippen molar-refractivity contribution in [3.05, 3.63) is 0 Å². The molecular formula is C9H20O6S2. The second kappa shape index (κ2) is 6.12. The zero-order valence-corrected chi connectivity index (χ0v) is 12.2. The quantitative estimate of drug-likeness (QED) is 0.517. The van der Waals surface area contributed by atoms with E-state index in [0.29, 0.717) is 6.42 Å². The van der Waals surface area contributed by atoms with Crippen LogP contribution in [0.1, 0.15) is 40.5 Å². The van der Waals surface area contributed by atoms with Gasteiger partial charge in [-0.1, -0.05) is 13.3 Å². The summed E-state index contributed by atoms with van der Waals surface area (Å²) >= 11 is 0. The molecule has 0 unspecified atom stereocenters. The number of hydrogen-bond acceptors (Lipinski definition) is 6. The molecule has 104 valence electrons. The van der Waals surface area contributed by atoms with Gasteiger partial charge in [-0.25, -0.2) is 0 Å². The molecule has 0 spiro atoms. The summed E-state index contributed by atoms with van der Waals surface area (Å²) in [7, 11) is -8.24. The molecule has 0 aromatic rings. The van der Waals surface area contributed by atoms with Crippen LogP contribution >= 0.6 is 0 Å². The molecule has 6 nitrogen and oxygen atoms in total. The predicted octanol–water partition coefficient (Wildman–Crippen LogP) is 1.24. The third-order valence-corrected chi connectivity index (χ3v) is 5.02. The van der Waals surface area contributed by atoms with E-state index in [2.05, 4.69) is 8.37 Å². The summed E-state index contributed by atoms with van der Waals surface area (Å²) in [6, 6.07) is 0. The highest BCUT2D eigenvalue weighted by Crippen LogP contribution is 2.14. The smallest absolute Gasteiger partial charge is 0.269 e. The lowest BCUT2D eigenvalue weighted by Crippen LogP contribution is -2.29. The zero-order valence-electron chi connectivity index (χ0n) is 10.6. The Labute approximate surface area is 104 Å². The Morgan fingerprint density at radius 2 is 1.53 bits per heavy atom. The summed E-state index contributed by atoms with van der Waals surface area (Å²) < 4.78 is 54.7. The van der Waals surface area contributed by atoms with E-state index in [0.717, 1.165) is 6.42 Å². The van der Waals surface area contributed by atoms with Crippen LogP contribution in [0.4, 0.5) is 0 Å². The van der Waals surface area contributed by atoms with E-state index in [4.69, 9.17) is 0 Å². The maximum absolute atomic E-state index is 11.4. The summed E-state index contributed by atoms with van der Waals surface area (Å²) in [6.45, 7) is 6.43.